The van der Waals surface area contributed by atoms with E-state index >= 15 is 0 Å². The fourth-order valence-corrected chi connectivity index (χ4v) is 8.29. The number of imide groups is 1. The van der Waals surface area contributed by atoms with Crippen LogP contribution in [-0.4, -0.2) is 41.6 Å². The summed E-state index contributed by atoms with van der Waals surface area (Å²) in [5.41, 5.74) is 0.812. The minimum Gasteiger partial charge on any atom is -0.493 e. The Bertz CT molecular complexity index is 1390. The molecule has 0 aromatic heterocycles. The quantitative estimate of drug-likeness (QED) is 0.164. The van der Waals surface area contributed by atoms with Crippen LogP contribution in [0.2, 0.25) is 0 Å². The van der Waals surface area contributed by atoms with Crippen molar-refractivity contribution in [3.05, 3.63) is 56.5 Å². The number of anilines is 1. The largest absolute Gasteiger partial charge is 0.493 e. The van der Waals surface area contributed by atoms with Crippen LogP contribution in [0.25, 0.3) is 6.08 Å². The molecule has 3 amide bonds. The number of carbonyl (C=O) groups is 4. The zero-order valence-electron chi connectivity index (χ0n) is 22.0. The zero-order valence-corrected chi connectivity index (χ0v) is 25.0. The molecule has 4 bridgehead atoms. The van der Waals surface area contributed by atoms with Gasteiger partial charge in [0.25, 0.3) is 11.1 Å². The Morgan fingerprint density at radius 1 is 1.02 bits per heavy atom. The van der Waals surface area contributed by atoms with Crippen LogP contribution in [0.3, 0.4) is 0 Å². The fraction of sp³-hybridized carbons (Fsp3) is 0.400. The van der Waals surface area contributed by atoms with Crippen molar-refractivity contribution in [2.45, 2.75) is 38.5 Å². The third-order valence-corrected chi connectivity index (χ3v) is 10.1. The van der Waals surface area contributed by atoms with E-state index in [4.69, 9.17) is 9.47 Å². The number of rotatable bonds is 7. The highest BCUT2D eigenvalue weighted by molar-refractivity contribution is 14.1. The van der Waals surface area contributed by atoms with Crippen molar-refractivity contribution in [3.8, 4) is 11.5 Å². The van der Waals surface area contributed by atoms with Crippen LogP contribution < -0.4 is 14.8 Å². The second-order valence-corrected chi connectivity index (χ2v) is 13.6. The van der Waals surface area contributed by atoms with Crippen LogP contribution in [-0.2, 0) is 14.4 Å². The van der Waals surface area contributed by atoms with Gasteiger partial charge in [-0.05, 0) is 139 Å². The van der Waals surface area contributed by atoms with Gasteiger partial charge in [-0.15, -0.1) is 0 Å². The van der Waals surface area contributed by atoms with E-state index in [0.29, 0.717) is 40.5 Å². The van der Waals surface area contributed by atoms with E-state index in [1.54, 1.807) is 36.4 Å². The number of ether oxygens (including phenoxy) is 2. The highest BCUT2D eigenvalue weighted by atomic mass is 127. The third-order valence-electron chi connectivity index (χ3n) is 8.46. The summed E-state index contributed by atoms with van der Waals surface area (Å²) < 4.78 is 12.5. The Balaban J connectivity index is 1.13. The molecule has 8 nitrogen and oxygen atoms in total. The molecule has 208 valence electrons. The number of nitrogens with zero attached hydrogens (tertiary/aromatic N) is 1. The number of nitrogens with one attached hydrogen (secondary N) is 1. The molecule has 4 saturated carbocycles. The molecule has 0 unspecified atom stereocenters. The first-order valence-corrected chi connectivity index (χ1v) is 15.3. The molecule has 0 atom stereocenters. The van der Waals surface area contributed by atoms with Crippen LogP contribution in [0.4, 0.5) is 10.5 Å². The number of esters is 1. The normalized spacial score (nSPS) is 27.8. The van der Waals surface area contributed by atoms with Gasteiger partial charge in [0.05, 0.1) is 17.4 Å². The van der Waals surface area contributed by atoms with Gasteiger partial charge < -0.3 is 14.8 Å². The van der Waals surface area contributed by atoms with Crippen LogP contribution in [0.5, 0.6) is 11.5 Å². The van der Waals surface area contributed by atoms with Crippen LogP contribution >= 0.6 is 34.4 Å². The van der Waals surface area contributed by atoms with Gasteiger partial charge in [0.1, 0.15) is 6.54 Å². The van der Waals surface area contributed by atoms with E-state index in [1.807, 2.05) is 12.1 Å². The van der Waals surface area contributed by atoms with E-state index in [0.717, 1.165) is 39.5 Å². The lowest BCUT2D eigenvalue weighted by atomic mass is 9.49. The number of halogens is 1. The monoisotopic (exact) mass is 672 g/mol. The van der Waals surface area contributed by atoms with Gasteiger partial charge in [-0.2, -0.15) is 0 Å². The van der Waals surface area contributed by atoms with E-state index in [1.165, 1.54) is 26.4 Å². The molecule has 4 aliphatic carbocycles. The fourth-order valence-electron chi connectivity index (χ4n) is 7.09. The van der Waals surface area contributed by atoms with Crippen LogP contribution in [0.1, 0.15) is 44.1 Å². The van der Waals surface area contributed by atoms with Crippen molar-refractivity contribution in [1.29, 1.82) is 0 Å². The lowest BCUT2D eigenvalue weighted by molar-refractivity contribution is -0.161. The molecule has 0 radical (unpaired) electrons. The number of hydrogen-bond acceptors (Lipinski definition) is 7. The summed E-state index contributed by atoms with van der Waals surface area (Å²) in [4.78, 5) is 52.5. The second kappa shape index (κ2) is 10.8. The Hall–Kier alpha value is -2.86. The van der Waals surface area contributed by atoms with Gasteiger partial charge in [0.15, 0.2) is 11.5 Å². The highest BCUT2D eigenvalue weighted by Crippen LogP contribution is 2.60. The maximum atomic E-state index is 13.4. The Morgan fingerprint density at radius 2 is 1.68 bits per heavy atom. The average Bonchev–Trinajstić information content (AvgIpc) is 3.17. The molecule has 1 aliphatic heterocycles. The Morgan fingerprint density at radius 3 is 2.30 bits per heavy atom. The summed E-state index contributed by atoms with van der Waals surface area (Å²) >= 11 is 2.94. The topological polar surface area (TPSA) is 102 Å². The van der Waals surface area contributed by atoms with Gasteiger partial charge in [0.2, 0.25) is 5.91 Å². The molecule has 2 aromatic carbocycles. The van der Waals surface area contributed by atoms with Gasteiger partial charge in [-0.3, -0.25) is 24.1 Å². The van der Waals surface area contributed by atoms with E-state index in [2.05, 4.69) is 27.9 Å². The molecule has 1 N–H and O–H groups in total. The Labute approximate surface area is 250 Å². The van der Waals surface area contributed by atoms with Crippen molar-refractivity contribution in [2.24, 2.45) is 23.2 Å². The van der Waals surface area contributed by atoms with E-state index in [-0.39, 0.29) is 22.8 Å². The maximum Gasteiger partial charge on any atom is 0.317 e. The molecular formula is C30H29IN2O6S. The number of benzene rings is 2. The molecule has 5 aliphatic rings. The number of thioether (sulfide) groups is 1. The first-order chi connectivity index (χ1) is 19.2. The average molecular weight is 673 g/mol. The van der Waals surface area contributed by atoms with Gasteiger partial charge in [0, 0.05) is 9.26 Å². The second-order valence-electron chi connectivity index (χ2n) is 11.3. The molecule has 1 saturated heterocycles. The maximum absolute atomic E-state index is 13.4. The zero-order chi connectivity index (χ0) is 28.0. The lowest BCUT2D eigenvalue weighted by Gasteiger charge is -2.55. The summed E-state index contributed by atoms with van der Waals surface area (Å²) in [6, 6.07) is 12.3. The number of amides is 3. The number of methoxy groups -OCH3 is 1. The van der Waals surface area contributed by atoms with Crippen molar-refractivity contribution < 1.29 is 28.7 Å². The lowest BCUT2D eigenvalue weighted by Crippen LogP contribution is -2.51. The van der Waals surface area contributed by atoms with E-state index in [9.17, 15) is 19.2 Å². The van der Waals surface area contributed by atoms with E-state index < -0.39 is 17.1 Å². The molecular weight excluding hydrogens is 643 g/mol. The highest BCUT2D eigenvalue weighted by Gasteiger charge is 2.55. The van der Waals surface area contributed by atoms with Crippen LogP contribution in [0, 0.1) is 26.7 Å². The standard InChI is InChI=1S/C30H29IN2O6S/c1-38-24-11-17(2-7-23(24)39-28(36)30-13-18-8-19(14-30)10-20(9-18)15-30)12-25-27(35)33(29(37)40-25)16-26(34)32-22-5-3-21(31)4-6-22/h2-7,11-12,18-20H,8-10,13-16H2,1H3,(H,32,34)/b25-12-. The van der Waals surface area contributed by atoms with Gasteiger partial charge in [-0.1, -0.05) is 6.07 Å². The third kappa shape index (κ3) is 5.39. The van der Waals surface area contributed by atoms with Crippen molar-refractivity contribution in [2.75, 3.05) is 19.0 Å². The molecule has 2 aromatic rings. The summed E-state index contributed by atoms with van der Waals surface area (Å²) in [5, 5.41) is 2.19. The first-order valence-electron chi connectivity index (χ1n) is 13.4. The number of carbonyl (C=O) groups excluding carboxylic acids is 4. The smallest absolute Gasteiger partial charge is 0.317 e. The minimum absolute atomic E-state index is 0.165. The molecule has 1 heterocycles. The predicted molar refractivity (Wildman–Crippen MR) is 160 cm³/mol. The summed E-state index contributed by atoms with van der Waals surface area (Å²) in [7, 11) is 1.50. The van der Waals surface area contributed by atoms with Crippen molar-refractivity contribution in [1.82, 2.24) is 4.90 Å². The number of hydrogen-bond donors (Lipinski definition) is 1. The summed E-state index contributed by atoms with van der Waals surface area (Å²) in [5.74, 6) is 1.46. The molecule has 40 heavy (non-hydrogen) atoms. The summed E-state index contributed by atoms with van der Waals surface area (Å²) in [6.07, 6.45) is 8.05. The Kier molecular flexibility index (Phi) is 7.41. The minimum atomic E-state index is -0.538. The van der Waals surface area contributed by atoms with Crippen molar-refractivity contribution >= 4 is 69.1 Å². The van der Waals surface area contributed by atoms with Crippen molar-refractivity contribution in [3.63, 3.8) is 0 Å². The first kappa shape index (κ1) is 27.3. The predicted octanol–water partition coefficient (Wildman–Crippen LogP) is 6.10. The molecule has 7 rings (SSSR count). The molecule has 0 spiro atoms. The van der Waals surface area contributed by atoms with Gasteiger partial charge >= 0.3 is 5.97 Å². The molecule has 5 fully saturated rings. The molecule has 10 heteroatoms. The SMILES string of the molecule is COc1cc(/C=C2\SC(=O)N(CC(=O)Nc3ccc(I)cc3)C2=O)ccc1OC(=O)C12CC3CC(CC(C3)C1)C2. The summed E-state index contributed by atoms with van der Waals surface area (Å²) in [6.45, 7) is -0.378. The van der Waals surface area contributed by atoms with Crippen LogP contribution in [0.15, 0.2) is 47.4 Å². The van der Waals surface area contributed by atoms with Gasteiger partial charge in [-0.25, -0.2) is 0 Å².